The second kappa shape index (κ2) is 4.84. The second-order valence-corrected chi connectivity index (χ2v) is 6.52. The predicted molar refractivity (Wildman–Crippen MR) is 69.3 cm³/mol. The lowest BCUT2D eigenvalue weighted by Crippen LogP contribution is -2.43. The standard InChI is InChI=1S/C11H15BrN2OS/c1-7-3-4-14(5-9(7)12)11(15)10-6-16-8(2)13-10/h6-7,9H,3-5H2,1-2H3. The molecule has 2 unspecified atom stereocenters. The van der Waals surface area contributed by atoms with Crippen LogP contribution in [0.4, 0.5) is 0 Å². The van der Waals surface area contributed by atoms with Crippen LogP contribution >= 0.6 is 27.3 Å². The Hall–Kier alpha value is -0.420. The van der Waals surface area contributed by atoms with Crippen LogP contribution in [0.2, 0.25) is 0 Å². The molecule has 3 nitrogen and oxygen atoms in total. The first-order chi connectivity index (χ1) is 7.58. The lowest BCUT2D eigenvalue weighted by atomic mass is 9.99. The molecule has 0 radical (unpaired) electrons. The summed E-state index contributed by atoms with van der Waals surface area (Å²) >= 11 is 5.16. The fourth-order valence-corrected chi connectivity index (χ4v) is 3.03. The molecule has 5 heteroatoms. The highest BCUT2D eigenvalue weighted by molar-refractivity contribution is 9.09. The molecule has 0 N–H and O–H groups in total. The smallest absolute Gasteiger partial charge is 0.273 e. The molecule has 0 aromatic carbocycles. The van der Waals surface area contributed by atoms with Gasteiger partial charge in [0.05, 0.1) is 5.01 Å². The third-order valence-corrected chi connectivity index (χ3v) is 4.96. The highest BCUT2D eigenvalue weighted by Gasteiger charge is 2.28. The zero-order valence-corrected chi connectivity index (χ0v) is 11.8. The topological polar surface area (TPSA) is 33.2 Å². The Morgan fingerprint density at radius 3 is 3.00 bits per heavy atom. The van der Waals surface area contributed by atoms with Crippen molar-refractivity contribution in [2.75, 3.05) is 13.1 Å². The fourth-order valence-electron chi connectivity index (χ4n) is 1.83. The van der Waals surface area contributed by atoms with Crippen molar-refractivity contribution in [1.29, 1.82) is 0 Å². The summed E-state index contributed by atoms with van der Waals surface area (Å²) in [7, 11) is 0. The Morgan fingerprint density at radius 1 is 1.69 bits per heavy atom. The number of nitrogens with zero attached hydrogens (tertiary/aromatic N) is 2. The van der Waals surface area contributed by atoms with Gasteiger partial charge < -0.3 is 4.90 Å². The normalized spacial score (nSPS) is 25.8. The van der Waals surface area contributed by atoms with Gasteiger partial charge in [-0.05, 0) is 19.3 Å². The molecule has 16 heavy (non-hydrogen) atoms. The lowest BCUT2D eigenvalue weighted by Gasteiger charge is -2.33. The Kier molecular flexibility index (Phi) is 3.64. The lowest BCUT2D eigenvalue weighted by molar-refractivity contribution is 0.0700. The van der Waals surface area contributed by atoms with Crippen LogP contribution in [0.15, 0.2) is 5.38 Å². The van der Waals surface area contributed by atoms with Gasteiger partial charge in [0, 0.05) is 23.3 Å². The van der Waals surface area contributed by atoms with Gasteiger partial charge in [-0.25, -0.2) is 4.98 Å². The third-order valence-electron chi connectivity index (χ3n) is 2.99. The van der Waals surface area contributed by atoms with E-state index >= 15 is 0 Å². The van der Waals surface area contributed by atoms with Gasteiger partial charge in [-0.1, -0.05) is 22.9 Å². The predicted octanol–water partition coefficient (Wildman–Crippen LogP) is 2.70. The van der Waals surface area contributed by atoms with Crippen LogP contribution in [-0.4, -0.2) is 33.7 Å². The summed E-state index contributed by atoms with van der Waals surface area (Å²) < 4.78 is 0. The van der Waals surface area contributed by atoms with E-state index in [1.807, 2.05) is 17.2 Å². The van der Waals surface area contributed by atoms with E-state index < -0.39 is 0 Å². The Bertz CT molecular complexity index is 393. The molecule has 1 amide bonds. The average molecular weight is 303 g/mol. The molecule has 1 aromatic rings. The van der Waals surface area contributed by atoms with Crippen LogP contribution in [0.5, 0.6) is 0 Å². The molecule has 1 saturated heterocycles. The average Bonchev–Trinajstić information content (AvgIpc) is 2.68. The van der Waals surface area contributed by atoms with Gasteiger partial charge in [-0.2, -0.15) is 0 Å². The number of aryl methyl sites for hydroxylation is 1. The summed E-state index contributed by atoms with van der Waals surface area (Å²) in [5, 5.41) is 2.79. The van der Waals surface area contributed by atoms with E-state index in [0.717, 1.165) is 24.5 Å². The fraction of sp³-hybridized carbons (Fsp3) is 0.636. The molecular formula is C11H15BrN2OS. The molecule has 0 bridgehead atoms. The van der Waals surface area contributed by atoms with E-state index in [1.165, 1.54) is 11.3 Å². The number of thiazole rings is 1. The van der Waals surface area contributed by atoms with Crippen LogP contribution < -0.4 is 0 Å². The maximum atomic E-state index is 12.1. The van der Waals surface area contributed by atoms with Crippen molar-refractivity contribution in [2.24, 2.45) is 5.92 Å². The van der Waals surface area contributed by atoms with Crippen molar-refractivity contribution in [2.45, 2.75) is 25.1 Å². The summed E-state index contributed by atoms with van der Waals surface area (Å²) in [4.78, 5) is 18.7. The molecule has 2 heterocycles. The van der Waals surface area contributed by atoms with E-state index in [4.69, 9.17) is 0 Å². The van der Waals surface area contributed by atoms with E-state index in [0.29, 0.717) is 16.4 Å². The summed E-state index contributed by atoms with van der Waals surface area (Å²) in [5.41, 5.74) is 0.594. The molecule has 1 fully saturated rings. The zero-order chi connectivity index (χ0) is 11.7. The van der Waals surface area contributed by atoms with Gasteiger partial charge in [0.1, 0.15) is 5.69 Å². The van der Waals surface area contributed by atoms with Crippen molar-refractivity contribution in [3.63, 3.8) is 0 Å². The summed E-state index contributed by atoms with van der Waals surface area (Å²) in [5.74, 6) is 0.710. The maximum absolute atomic E-state index is 12.1. The highest BCUT2D eigenvalue weighted by atomic mass is 79.9. The highest BCUT2D eigenvalue weighted by Crippen LogP contribution is 2.24. The van der Waals surface area contributed by atoms with Gasteiger partial charge in [-0.3, -0.25) is 4.79 Å². The number of hydrogen-bond acceptors (Lipinski definition) is 3. The molecule has 2 rings (SSSR count). The molecule has 0 spiro atoms. The number of hydrogen-bond donors (Lipinski definition) is 0. The van der Waals surface area contributed by atoms with Crippen LogP contribution in [-0.2, 0) is 0 Å². The number of rotatable bonds is 1. The molecule has 0 aliphatic carbocycles. The van der Waals surface area contributed by atoms with Crippen LogP contribution in [0.25, 0.3) is 0 Å². The Morgan fingerprint density at radius 2 is 2.44 bits per heavy atom. The number of halogens is 1. The van der Waals surface area contributed by atoms with Gasteiger partial charge in [0.15, 0.2) is 0 Å². The SMILES string of the molecule is Cc1nc(C(=O)N2CCC(C)C(Br)C2)cs1. The van der Waals surface area contributed by atoms with Gasteiger partial charge in [0.2, 0.25) is 0 Å². The first-order valence-corrected chi connectivity index (χ1v) is 7.23. The Labute approximate surface area is 108 Å². The van der Waals surface area contributed by atoms with Gasteiger partial charge in [-0.15, -0.1) is 11.3 Å². The molecule has 0 saturated carbocycles. The summed E-state index contributed by atoms with van der Waals surface area (Å²) in [6, 6.07) is 0. The van der Waals surface area contributed by atoms with Crippen molar-refractivity contribution >= 4 is 33.2 Å². The molecular weight excluding hydrogens is 288 g/mol. The van der Waals surface area contributed by atoms with Crippen molar-refractivity contribution in [1.82, 2.24) is 9.88 Å². The Balaban J connectivity index is 2.06. The van der Waals surface area contributed by atoms with Crippen LogP contribution in [0.1, 0.15) is 28.8 Å². The van der Waals surface area contributed by atoms with Crippen LogP contribution in [0.3, 0.4) is 0 Å². The second-order valence-electron chi connectivity index (χ2n) is 4.28. The number of carbonyl (C=O) groups excluding carboxylic acids is 1. The number of piperidine rings is 1. The zero-order valence-electron chi connectivity index (χ0n) is 9.44. The first kappa shape index (κ1) is 12.0. The number of likely N-dealkylation sites (tertiary alicyclic amines) is 1. The number of amides is 1. The third kappa shape index (κ3) is 2.46. The maximum Gasteiger partial charge on any atom is 0.273 e. The molecule has 1 aliphatic rings. The minimum atomic E-state index is 0.0701. The largest absolute Gasteiger partial charge is 0.336 e. The van der Waals surface area contributed by atoms with Crippen LogP contribution in [0, 0.1) is 12.8 Å². The van der Waals surface area contributed by atoms with Crippen molar-refractivity contribution in [3.8, 4) is 0 Å². The first-order valence-electron chi connectivity index (χ1n) is 5.43. The molecule has 2 atom stereocenters. The van der Waals surface area contributed by atoms with Gasteiger partial charge in [0.25, 0.3) is 5.91 Å². The van der Waals surface area contributed by atoms with E-state index in [2.05, 4.69) is 27.8 Å². The monoisotopic (exact) mass is 302 g/mol. The minimum Gasteiger partial charge on any atom is -0.336 e. The number of alkyl halides is 1. The molecule has 88 valence electrons. The summed E-state index contributed by atoms with van der Waals surface area (Å²) in [6.07, 6.45) is 1.06. The number of carbonyl (C=O) groups is 1. The van der Waals surface area contributed by atoms with E-state index in [1.54, 1.807) is 0 Å². The van der Waals surface area contributed by atoms with E-state index in [-0.39, 0.29) is 5.91 Å². The minimum absolute atomic E-state index is 0.0701. The number of aromatic nitrogens is 1. The quantitative estimate of drug-likeness (QED) is 0.747. The van der Waals surface area contributed by atoms with E-state index in [9.17, 15) is 4.79 Å². The molecule has 1 aromatic heterocycles. The van der Waals surface area contributed by atoms with Crippen molar-refractivity contribution < 1.29 is 4.79 Å². The van der Waals surface area contributed by atoms with Gasteiger partial charge >= 0.3 is 0 Å². The molecule has 1 aliphatic heterocycles. The summed E-state index contributed by atoms with van der Waals surface area (Å²) in [6.45, 7) is 5.77. The van der Waals surface area contributed by atoms with Crippen molar-refractivity contribution in [3.05, 3.63) is 16.1 Å².